The number of aromatic hydroxyl groups is 1. The summed E-state index contributed by atoms with van der Waals surface area (Å²) in [5, 5.41) is 20.0. The molecule has 9 heteroatoms. The van der Waals surface area contributed by atoms with Gasteiger partial charge in [-0.1, -0.05) is 52.0 Å². The largest absolute Gasteiger partial charge is 0.508 e. The third kappa shape index (κ3) is 8.58. The Labute approximate surface area is 248 Å². The van der Waals surface area contributed by atoms with E-state index >= 15 is 0 Å². The minimum atomic E-state index is -5.41. The van der Waals surface area contributed by atoms with Crippen molar-refractivity contribution in [1.82, 2.24) is 4.90 Å². The predicted octanol–water partition coefficient (Wildman–Crippen LogP) is 9.20. The zero-order valence-electron chi connectivity index (χ0n) is 25.5. The van der Waals surface area contributed by atoms with Crippen LogP contribution in [-0.2, 0) is 6.42 Å². The van der Waals surface area contributed by atoms with E-state index in [4.69, 9.17) is 0 Å². The van der Waals surface area contributed by atoms with Gasteiger partial charge >= 0.3 is 12.1 Å². The van der Waals surface area contributed by atoms with Crippen LogP contribution in [0.3, 0.4) is 0 Å². The first-order chi connectivity index (χ1) is 19.7. The lowest BCUT2D eigenvalue weighted by atomic mass is 9.54. The van der Waals surface area contributed by atoms with Crippen molar-refractivity contribution < 1.29 is 36.6 Å². The summed E-state index contributed by atoms with van der Waals surface area (Å²) >= 11 is 0. The fourth-order valence-electron chi connectivity index (χ4n) is 7.71. The summed E-state index contributed by atoms with van der Waals surface area (Å²) in [4.78, 5) is 2.24. The molecule has 0 aromatic heterocycles. The zero-order chi connectivity index (χ0) is 31.1. The highest BCUT2D eigenvalue weighted by molar-refractivity contribution is 5.41. The van der Waals surface area contributed by atoms with Crippen LogP contribution in [0.2, 0.25) is 0 Å². The molecule has 2 N–H and O–H groups in total. The van der Waals surface area contributed by atoms with E-state index in [0.29, 0.717) is 24.7 Å². The molecule has 0 amide bonds. The van der Waals surface area contributed by atoms with Gasteiger partial charge in [0.15, 0.2) is 0 Å². The number of nitrogens with zero attached hydrogens (tertiary/aromatic N) is 1. The van der Waals surface area contributed by atoms with Crippen LogP contribution in [0.1, 0.15) is 114 Å². The number of hydrogen-bond acceptors (Lipinski definition) is 3. The Morgan fingerprint density at radius 1 is 0.929 bits per heavy atom. The minimum absolute atomic E-state index is 0.0438. The first-order valence-corrected chi connectivity index (χ1v) is 16.0. The van der Waals surface area contributed by atoms with E-state index in [1.165, 1.54) is 19.3 Å². The average Bonchev–Trinajstić information content (AvgIpc) is 3.21. The molecule has 3 aliphatic carbocycles. The molecule has 1 aromatic rings. The zero-order valence-corrected chi connectivity index (χ0v) is 25.5. The number of halogens is 6. The van der Waals surface area contributed by atoms with Crippen molar-refractivity contribution in [3.8, 4) is 5.75 Å². The second kappa shape index (κ2) is 15.0. The lowest BCUT2D eigenvalue weighted by molar-refractivity contribution is -0.284. The maximum absolute atomic E-state index is 15.0. The Balaban J connectivity index is 0.000000230. The molecule has 1 aromatic carbocycles. The molecule has 0 bridgehead atoms. The van der Waals surface area contributed by atoms with E-state index < -0.39 is 24.7 Å². The maximum atomic E-state index is 15.0. The number of alkyl halides is 6. The highest BCUT2D eigenvalue weighted by Gasteiger charge is 2.58. The highest BCUT2D eigenvalue weighted by Crippen LogP contribution is 2.61. The first-order valence-electron chi connectivity index (χ1n) is 16.0. The Morgan fingerprint density at radius 3 is 2.24 bits per heavy atom. The lowest BCUT2D eigenvalue weighted by Crippen LogP contribution is -2.48. The number of aliphatic hydroxyl groups excluding tert-OH is 1. The van der Waals surface area contributed by atoms with Crippen LogP contribution in [-0.4, -0.2) is 59.6 Å². The second-order valence-electron chi connectivity index (χ2n) is 13.3. The van der Waals surface area contributed by atoms with E-state index in [9.17, 15) is 36.6 Å². The SMILES string of the molecule is CC12CC(F)C3c4ccc(O)cc4CCC3C1CCC2O.CCCCCN(C)CCCCCCCC(F)(F)C(F)(F)F. The van der Waals surface area contributed by atoms with Gasteiger partial charge in [-0.15, -0.1) is 0 Å². The van der Waals surface area contributed by atoms with Gasteiger partial charge in [-0.25, -0.2) is 4.39 Å². The van der Waals surface area contributed by atoms with E-state index in [0.717, 1.165) is 69.2 Å². The molecule has 42 heavy (non-hydrogen) atoms. The molecule has 2 fully saturated rings. The normalized spacial score (nSPS) is 29.0. The van der Waals surface area contributed by atoms with Gasteiger partial charge in [0.1, 0.15) is 11.9 Å². The van der Waals surface area contributed by atoms with Gasteiger partial charge in [0.2, 0.25) is 0 Å². The standard InChI is InChI=1S/C18H23FO2.C15H28F5N/c1-18-9-15(19)17-12-5-3-11(20)8-10(12)2-4-13(17)14(18)6-7-16(18)21;1-3-4-9-12-21(2)13-10-7-5-6-8-11-14(16,17)15(18,19)20/h3,5,8,13-17,20-21H,2,4,6-7,9H2,1H3;3-13H2,1-2H3. The van der Waals surface area contributed by atoms with Gasteiger partial charge < -0.3 is 15.1 Å². The number of phenols is 1. The Bertz CT molecular complexity index is 972. The second-order valence-corrected chi connectivity index (χ2v) is 13.3. The van der Waals surface area contributed by atoms with Gasteiger partial charge in [0.05, 0.1) is 6.10 Å². The smallest absolute Gasteiger partial charge is 0.453 e. The summed E-state index contributed by atoms with van der Waals surface area (Å²) in [6.07, 6.45) is 3.02. The molecule has 0 radical (unpaired) electrons. The molecule has 2 saturated carbocycles. The molecular formula is C33H51F6NO2. The fourth-order valence-corrected chi connectivity index (χ4v) is 7.71. The Morgan fingerprint density at radius 2 is 1.57 bits per heavy atom. The third-order valence-electron chi connectivity index (χ3n) is 10.2. The van der Waals surface area contributed by atoms with Crippen molar-refractivity contribution in [2.75, 3.05) is 20.1 Å². The van der Waals surface area contributed by atoms with Crippen LogP contribution in [0.25, 0.3) is 0 Å². The van der Waals surface area contributed by atoms with E-state index in [1.807, 2.05) is 6.07 Å². The number of benzene rings is 1. The number of aliphatic hydroxyl groups is 1. The fraction of sp³-hybridized carbons (Fsp3) is 0.818. The molecule has 6 atom stereocenters. The molecule has 242 valence electrons. The Kier molecular flexibility index (Phi) is 12.5. The summed E-state index contributed by atoms with van der Waals surface area (Å²) in [6.45, 7) is 6.26. The quantitative estimate of drug-likeness (QED) is 0.184. The highest BCUT2D eigenvalue weighted by atomic mass is 19.4. The monoisotopic (exact) mass is 607 g/mol. The van der Waals surface area contributed by atoms with Crippen LogP contribution in [0.5, 0.6) is 5.75 Å². The minimum Gasteiger partial charge on any atom is -0.508 e. The number of fused-ring (bicyclic) bond motifs is 5. The molecule has 3 nitrogen and oxygen atoms in total. The van der Waals surface area contributed by atoms with E-state index in [1.54, 1.807) is 12.1 Å². The molecule has 0 aliphatic heterocycles. The summed E-state index contributed by atoms with van der Waals surface area (Å²) in [5.74, 6) is -3.52. The maximum Gasteiger partial charge on any atom is 0.453 e. The number of phenolic OH excluding ortho intramolecular Hbond substituents is 1. The summed E-state index contributed by atoms with van der Waals surface area (Å²) < 4.78 is 76.0. The molecule has 0 heterocycles. The topological polar surface area (TPSA) is 43.7 Å². The van der Waals surface area contributed by atoms with Crippen LogP contribution in [0.4, 0.5) is 26.3 Å². The lowest BCUT2D eigenvalue weighted by Gasteiger charge is -2.51. The summed E-state index contributed by atoms with van der Waals surface area (Å²) in [7, 11) is 2.06. The van der Waals surface area contributed by atoms with Gasteiger partial charge in [0, 0.05) is 12.3 Å². The van der Waals surface area contributed by atoms with Crippen molar-refractivity contribution in [1.29, 1.82) is 0 Å². The molecular weight excluding hydrogens is 556 g/mol. The number of rotatable bonds is 12. The number of hydrogen-bond donors (Lipinski definition) is 2. The van der Waals surface area contributed by atoms with Crippen molar-refractivity contribution in [2.45, 2.75) is 134 Å². The molecule has 3 aliphatic rings. The third-order valence-corrected chi connectivity index (χ3v) is 10.2. The molecule has 0 spiro atoms. The van der Waals surface area contributed by atoms with Crippen LogP contribution in [0, 0.1) is 17.3 Å². The van der Waals surface area contributed by atoms with E-state index in [2.05, 4.69) is 25.8 Å². The number of unbranched alkanes of at least 4 members (excludes halogenated alkanes) is 6. The van der Waals surface area contributed by atoms with Gasteiger partial charge in [-0.05, 0) is 112 Å². The molecule has 4 rings (SSSR count). The van der Waals surface area contributed by atoms with Crippen LogP contribution >= 0.6 is 0 Å². The Hall–Kier alpha value is -1.48. The van der Waals surface area contributed by atoms with Crippen LogP contribution in [0.15, 0.2) is 18.2 Å². The molecule has 0 saturated heterocycles. The van der Waals surface area contributed by atoms with Crippen LogP contribution < -0.4 is 0 Å². The average molecular weight is 608 g/mol. The first kappa shape index (κ1) is 35.0. The predicted molar refractivity (Wildman–Crippen MR) is 155 cm³/mol. The summed E-state index contributed by atoms with van der Waals surface area (Å²) in [6, 6.07) is 5.41. The van der Waals surface area contributed by atoms with Crippen molar-refractivity contribution >= 4 is 0 Å². The van der Waals surface area contributed by atoms with Crippen molar-refractivity contribution in [2.24, 2.45) is 17.3 Å². The number of aryl methyl sites for hydroxylation is 1. The molecule has 6 unspecified atom stereocenters. The summed E-state index contributed by atoms with van der Waals surface area (Å²) in [5.41, 5.74) is 1.97. The van der Waals surface area contributed by atoms with Crippen molar-refractivity contribution in [3.63, 3.8) is 0 Å². The van der Waals surface area contributed by atoms with E-state index in [-0.39, 0.29) is 29.6 Å². The van der Waals surface area contributed by atoms with Gasteiger partial charge in [0.25, 0.3) is 0 Å². The van der Waals surface area contributed by atoms with Crippen molar-refractivity contribution in [3.05, 3.63) is 29.3 Å². The van der Waals surface area contributed by atoms with Gasteiger partial charge in [-0.2, -0.15) is 22.0 Å². The van der Waals surface area contributed by atoms with Gasteiger partial charge in [-0.3, -0.25) is 0 Å².